The minimum Gasteiger partial charge on any atom is -0.466 e. The Hall–Kier alpha value is -5.88. The standard InChI is InChI=1S/C48H65ClFN11O10S/c1-48(2,3)71-47(66)53-16-8-7-9-35(54-39(62)11-6-5-10-38-42-37(29-72-38)56-46(65)58-42)44(63)52-19-21-68-23-24-69-22-20-61-26-32(59-60-61)27-70-28-36-40(45(64)67-4)41(33-13-12-31(50)25-34(33)49)57-43(55-36)30-14-17-51-18-15-30/h12-15,17-18,25-26,35,37-38,41-42H,5-11,16,19-24,27-29H2,1-4H3,(H,52,63)(H,53,66)(H,54,62)(H,55,57)(H2,56,58,65)/t35-,37-,38-,41?,42-/m0/s1. The van der Waals surface area contributed by atoms with Gasteiger partial charge in [-0.2, -0.15) is 11.8 Å². The molecule has 1 aromatic carbocycles. The third-order valence-electron chi connectivity index (χ3n) is 11.5. The molecule has 5 atom stereocenters. The summed E-state index contributed by atoms with van der Waals surface area (Å²) in [5.41, 5.74) is 1.54. The number of amidine groups is 1. The average molecular weight is 1040 g/mol. The predicted molar refractivity (Wildman–Crippen MR) is 265 cm³/mol. The van der Waals surface area contributed by atoms with Gasteiger partial charge in [0, 0.05) is 59.1 Å². The smallest absolute Gasteiger partial charge is 0.407 e. The van der Waals surface area contributed by atoms with Crippen LogP contribution in [0.1, 0.15) is 88.6 Å². The molecule has 0 bridgehead atoms. The first kappa shape index (κ1) is 55.4. The van der Waals surface area contributed by atoms with Gasteiger partial charge in [0.2, 0.25) is 11.8 Å². The van der Waals surface area contributed by atoms with E-state index in [2.05, 4.69) is 47.2 Å². The number of unbranched alkanes of at least 4 members (excludes halogenated alkanes) is 2. The number of hydrogen-bond acceptors (Lipinski definition) is 16. The molecule has 24 heteroatoms. The van der Waals surface area contributed by atoms with Crippen LogP contribution in [0.15, 0.2) is 65.2 Å². The molecular weight excluding hydrogens is 977 g/mol. The number of hydrogen-bond donors (Lipinski definition) is 6. The van der Waals surface area contributed by atoms with E-state index in [-0.39, 0.29) is 79.9 Å². The van der Waals surface area contributed by atoms with Gasteiger partial charge in [0.15, 0.2) is 0 Å². The van der Waals surface area contributed by atoms with E-state index in [1.54, 1.807) is 56.2 Å². The topological polar surface area (TPSA) is 260 Å². The number of halogens is 2. The Bertz CT molecular complexity index is 2370. The molecule has 6 rings (SSSR count). The monoisotopic (exact) mass is 1040 g/mol. The maximum atomic E-state index is 14.0. The number of fused-ring (bicyclic) bond motifs is 1. The van der Waals surface area contributed by atoms with Crippen LogP contribution in [0.3, 0.4) is 0 Å². The van der Waals surface area contributed by atoms with E-state index < -0.39 is 35.6 Å². The maximum absolute atomic E-state index is 14.0. The van der Waals surface area contributed by atoms with Gasteiger partial charge in [-0.3, -0.25) is 19.6 Å². The van der Waals surface area contributed by atoms with Crippen molar-refractivity contribution in [2.45, 2.75) is 114 Å². The van der Waals surface area contributed by atoms with Crippen molar-refractivity contribution in [3.63, 3.8) is 0 Å². The number of esters is 1. The van der Waals surface area contributed by atoms with Gasteiger partial charge in [-0.05, 0) is 77.1 Å². The van der Waals surface area contributed by atoms with Gasteiger partial charge in [-0.25, -0.2) is 23.5 Å². The zero-order valence-corrected chi connectivity index (χ0v) is 42.6. The van der Waals surface area contributed by atoms with Crippen LogP contribution in [0.4, 0.5) is 14.0 Å². The molecule has 3 aliphatic rings. The van der Waals surface area contributed by atoms with E-state index in [1.807, 2.05) is 11.8 Å². The summed E-state index contributed by atoms with van der Waals surface area (Å²) >= 11 is 8.30. The normalized spacial score (nSPS) is 18.8. The predicted octanol–water partition coefficient (Wildman–Crippen LogP) is 4.26. The molecule has 392 valence electrons. The molecule has 72 heavy (non-hydrogen) atoms. The molecule has 2 aromatic heterocycles. The molecule has 3 aromatic rings. The van der Waals surface area contributed by atoms with Crippen molar-refractivity contribution in [1.82, 2.24) is 51.9 Å². The molecule has 5 amide bonds. The minimum absolute atomic E-state index is 0.0531. The fraction of sp³-hybridized carbons (Fsp3) is 0.562. The maximum Gasteiger partial charge on any atom is 0.407 e. The van der Waals surface area contributed by atoms with Gasteiger partial charge >= 0.3 is 18.1 Å². The number of rotatable bonds is 28. The lowest BCUT2D eigenvalue weighted by Gasteiger charge is -2.28. The molecule has 0 saturated carbocycles. The second-order valence-electron chi connectivity index (χ2n) is 18.2. The van der Waals surface area contributed by atoms with Crippen molar-refractivity contribution < 1.29 is 52.0 Å². The number of ether oxygens (including phenoxy) is 5. The molecule has 6 N–H and O–H groups in total. The largest absolute Gasteiger partial charge is 0.466 e. The number of urea groups is 1. The number of thioether (sulfide) groups is 1. The number of carbonyl (C=O) groups is 5. The molecule has 2 fully saturated rings. The molecule has 21 nitrogen and oxygen atoms in total. The molecule has 2 saturated heterocycles. The SMILES string of the molecule is COC(=O)C1=C(COCc2cn(CCOCCOCCNC(=O)[C@H](CCCCNC(=O)OC(C)(C)C)NC(=O)CCCC[C@@H]3SC[C@@H]4NC(=O)N[C@@H]43)nn2)NC(c2ccncc2)=NC1c1ccc(F)cc1Cl. The quantitative estimate of drug-likeness (QED) is 0.0338. The highest BCUT2D eigenvalue weighted by Crippen LogP contribution is 2.37. The molecule has 5 heterocycles. The van der Waals surface area contributed by atoms with Crippen molar-refractivity contribution in [3.05, 3.63) is 87.9 Å². The Labute approximate surface area is 427 Å². The first-order valence-electron chi connectivity index (χ1n) is 24.0. The number of benzene rings is 1. The van der Waals surface area contributed by atoms with Crippen molar-refractivity contribution >= 4 is 59.1 Å². The van der Waals surface area contributed by atoms with Gasteiger partial charge in [-0.15, -0.1) is 5.10 Å². The van der Waals surface area contributed by atoms with Crippen molar-refractivity contribution in [3.8, 4) is 0 Å². The second-order valence-corrected chi connectivity index (χ2v) is 19.9. The Kier molecular flexibility index (Phi) is 21.4. The number of nitrogens with zero attached hydrogens (tertiary/aromatic N) is 5. The van der Waals surface area contributed by atoms with Crippen LogP contribution in [0.2, 0.25) is 5.02 Å². The summed E-state index contributed by atoms with van der Waals surface area (Å²) in [5.74, 6) is -0.424. The van der Waals surface area contributed by atoms with E-state index >= 15 is 0 Å². The van der Waals surface area contributed by atoms with Crippen LogP contribution in [0.5, 0.6) is 0 Å². The van der Waals surface area contributed by atoms with E-state index in [9.17, 15) is 28.4 Å². The van der Waals surface area contributed by atoms with Crippen LogP contribution in [-0.2, 0) is 51.2 Å². The van der Waals surface area contributed by atoms with Crippen LogP contribution in [0.25, 0.3) is 0 Å². The highest BCUT2D eigenvalue weighted by Gasteiger charge is 2.42. The fourth-order valence-corrected chi connectivity index (χ4v) is 9.89. The van der Waals surface area contributed by atoms with Crippen molar-refractivity contribution in [2.75, 3.05) is 59.0 Å². The Morgan fingerprint density at radius 3 is 2.51 bits per heavy atom. The zero-order chi connectivity index (χ0) is 51.5. The lowest BCUT2D eigenvalue weighted by molar-refractivity contribution is -0.136. The Balaban J connectivity index is 0.884. The summed E-state index contributed by atoms with van der Waals surface area (Å²) in [4.78, 5) is 72.1. The first-order chi connectivity index (χ1) is 34.7. The third kappa shape index (κ3) is 17.4. The Morgan fingerprint density at radius 2 is 1.75 bits per heavy atom. The molecule has 1 unspecified atom stereocenters. The number of aromatic nitrogens is 4. The molecular formula is C48H65ClFN11O10S. The second kappa shape index (κ2) is 27.8. The highest BCUT2D eigenvalue weighted by atomic mass is 35.5. The summed E-state index contributed by atoms with van der Waals surface area (Å²) in [7, 11) is 1.26. The summed E-state index contributed by atoms with van der Waals surface area (Å²) in [6.45, 7) is 7.45. The number of methoxy groups -OCH3 is 1. The number of amides is 5. The van der Waals surface area contributed by atoms with Gasteiger partial charge in [-0.1, -0.05) is 29.3 Å². The lowest BCUT2D eigenvalue weighted by atomic mass is 9.95. The third-order valence-corrected chi connectivity index (χ3v) is 13.4. The van der Waals surface area contributed by atoms with E-state index in [4.69, 9.17) is 40.3 Å². The molecule has 0 aliphatic carbocycles. The molecule has 0 spiro atoms. The summed E-state index contributed by atoms with van der Waals surface area (Å²) in [6.07, 6.45) is 8.60. The van der Waals surface area contributed by atoms with Crippen LogP contribution in [0, 0.1) is 5.82 Å². The summed E-state index contributed by atoms with van der Waals surface area (Å²) in [5, 5.41) is 26.4. The van der Waals surface area contributed by atoms with E-state index in [0.29, 0.717) is 85.6 Å². The number of nitrogens with one attached hydrogen (secondary N) is 6. The zero-order valence-electron chi connectivity index (χ0n) is 41.0. The average Bonchev–Trinajstić information content (AvgIpc) is 4.07. The number of pyridine rings is 1. The highest BCUT2D eigenvalue weighted by molar-refractivity contribution is 8.00. The van der Waals surface area contributed by atoms with Gasteiger partial charge in [0.05, 0.1) is 82.8 Å². The summed E-state index contributed by atoms with van der Waals surface area (Å²) in [6, 6.07) is 5.85. The van der Waals surface area contributed by atoms with Crippen molar-refractivity contribution in [2.24, 2.45) is 4.99 Å². The van der Waals surface area contributed by atoms with Crippen LogP contribution >= 0.6 is 23.4 Å². The van der Waals surface area contributed by atoms with E-state index in [1.165, 1.54) is 19.2 Å². The fourth-order valence-electron chi connectivity index (χ4n) is 8.07. The first-order valence-corrected chi connectivity index (χ1v) is 25.5. The molecule has 0 radical (unpaired) electrons. The number of aliphatic imine (C=N–C) groups is 1. The Morgan fingerprint density at radius 1 is 0.958 bits per heavy atom. The molecule has 3 aliphatic heterocycles. The lowest BCUT2D eigenvalue weighted by Crippen LogP contribution is -2.47. The summed E-state index contributed by atoms with van der Waals surface area (Å²) < 4.78 is 43.5. The van der Waals surface area contributed by atoms with Gasteiger partial charge in [0.25, 0.3) is 0 Å². The minimum atomic E-state index is -0.927. The van der Waals surface area contributed by atoms with Crippen molar-refractivity contribution in [1.29, 1.82) is 0 Å². The van der Waals surface area contributed by atoms with Crippen LogP contribution < -0.4 is 31.9 Å². The van der Waals surface area contributed by atoms with Crippen LogP contribution in [-0.4, -0.2) is 144 Å². The van der Waals surface area contributed by atoms with E-state index in [0.717, 1.165) is 24.7 Å². The number of alkyl carbamates (subject to hydrolysis) is 1. The van der Waals surface area contributed by atoms with Gasteiger partial charge < -0.3 is 55.6 Å². The number of carbonyl (C=O) groups excluding carboxylic acids is 5. The van der Waals surface area contributed by atoms with Gasteiger partial charge in [0.1, 0.15) is 35.0 Å².